The normalized spacial score (nSPS) is 15.8. The van der Waals surface area contributed by atoms with E-state index in [-0.39, 0.29) is 5.78 Å². The molecule has 1 aliphatic carbocycles. The summed E-state index contributed by atoms with van der Waals surface area (Å²) in [7, 11) is 0. The van der Waals surface area contributed by atoms with Crippen LogP contribution in [0.1, 0.15) is 42.5 Å². The van der Waals surface area contributed by atoms with Gasteiger partial charge in [0.1, 0.15) is 0 Å². The van der Waals surface area contributed by atoms with Gasteiger partial charge >= 0.3 is 0 Å². The van der Waals surface area contributed by atoms with Crippen molar-refractivity contribution in [3.8, 4) is 0 Å². The summed E-state index contributed by atoms with van der Waals surface area (Å²) in [4.78, 5) is 12.6. The number of hydrogen-bond acceptors (Lipinski definition) is 1. The van der Waals surface area contributed by atoms with Crippen LogP contribution in [0.2, 0.25) is 0 Å². The molecule has 0 N–H and O–H groups in total. The molecule has 0 atom stereocenters. The average Bonchev–Trinajstić information content (AvgIpc) is 2.75. The molecule has 0 aromatic heterocycles. The van der Waals surface area contributed by atoms with Crippen molar-refractivity contribution in [3.63, 3.8) is 0 Å². The Balaban J connectivity index is 1.95. The lowest BCUT2D eigenvalue weighted by molar-refractivity contribution is 0.103. The quantitative estimate of drug-likeness (QED) is 0.648. The van der Waals surface area contributed by atoms with Gasteiger partial charge in [-0.25, -0.2) is 0 Å². The van der Waals surface area contributed by atoms with Crippen molar-refractivity contribution in [2.75, 3.05) is 0 Å². The number of hydrogen-bond donors (Lipinski definition) is 0. The maximum atomic E-state index is 12.6. The molecule has 0 saturated heterocycles. The smallest absolute Gasteiger partial charge is 0.188 e. The molecule has 0 fully saturated rings. The number of rotatable bonds is 2. The number of benzene rings is 2. The van der Waals surface area contributed by atoms with Crippen LogP contribution in [0.5, 0.6) is 0 Å². The summed E-state index contributed by atoms with van der Waals surface area (Å²) in [6.07, 6.45) is 7.69. The number of fused-ring (bicyclic) bond motifs is 1. The van der Waals surface area contributed by atoms with Gasteiger partial charge < -0.3 is 0 Å². The van der Waals surface area contributed by atoms with Crippen LogP contribution >= 0.6 is 15.9 Å². The summed E-state index contributed by atoms with van der Waals surface area (Å²) < 4.78 is 1.07. The number of carbonyl (C=O) groups excluding carboxylic acids is 1. The molecule has 0 unspecified atom stereocenters. The summed E-state index contributed by atoms with van der Waals surface area (Å²) in [5.74, 6) is 0.205. The van der Waals surface area contributed by atoms with E-state index in [0.29, 0.717) is 0 Å². The van der Waals surface area contributed by atoms with Crippen LogP contribution in [0.15, 0.2) is 52.5 Å². The van der Waals surface area contributed by atoms with Gasteiger partial charge in [0.15, 0.2) is 5.78 Å². The third-order valence-corrected chi connectivity index (χ3v) is 4.39. The lowest BCUT2D eigenvalue weighted by Gasteiger charge is -2.06. The van der Waals surface area contributed by atoms with Crippen molar-refractivity contribution < 1.29 is 4.79 Å². The zero-order chi connectivity index (χ0) is 13.9. The Hall–Kier alpha value is -1.41. The number of carbonyl (C=O) groups is 1. The molecule has 102 valence electrons. The van der Waals surface area contributed by atoms with Gasteiger partial charge in [-0.1, -0.05) is 46.6 Å². The monoisotopic (exact) mass is 328 g/mol. The van der Waals surface area contributed by atoms with E-state index in [4.69, 9.17) is 0 Å². The van der Waals surface area contributed by atoms with Crippen molar-refractivity contribution in [1.82, 2.24) is 0 Å². The standard InChI is InChI=1S/C18H17BrO/c19-17-10-9-14-11-16(8-7-15(14)12-17)18(20)13-5-3-1-2-4-6-13/h5,7-12H,1-4,6H2. The minimum atomic E-state index is 0.205. The van der Waals surface area contributed by atoms with Crippen LogP contribution in [0.3, 0.4) is 0 Å². The lowest BCUT2D eigenvalue weighted by Crippen LogP contribution is -2.03. The van der Waals surface area contributed by atoms with Gasteiger partial charge in [0, 0.05) is 10.0 Å². The average molecular weight is 329 g/mol. The zero-order valence-electron chi connectivity index (χ0n) is 11.4. The summed E-state index contributed by atoms with van der Waals surface area (Å²) >= 11 is 3.48. The maximum Gasteiger partial charge on any atom is 0.188 e. The van der Waals surface area contributed by atoms with Gasteiger partial charge in [0.2, 0.25) is 0 Å². The van der Waals surface area contributed by atoms with Crippen molar-refractivity contribution in [3.05, 3.63) is 58.1 Å². The van der Waals surface area contributed by atoms with E-state index in [0.717, 1.165) is 45.6 Å². The molecule has 0 spiro atoms. The molecule has 3 rings (SSSR count). The maximum absolute atomic E-state index is 12.6. The summed E-state index contributed by atoms with van der Waals surface area (Å²) in [6.45, 7) is 0. The Morgan fingerprint density at radius 3 is 2.65 bits per heavy atom. The number of Topliss-reactive ketones (excluding diaryl/α,β-unsaturated/α-hetero) is 1. The topological polar surface area (TPSA) is 17.1 Å². The van der Waals surface area contributed by atoms with E-state index < -0.39 is 0 Å². The molecule has 1 nitrogen and oxygen atoms in total. The van der Waals surface area contributed by atoms with Gasteiger partial charge in [-0.2, -0.15) is 0 Å². The van der Waals surface area contributed by atoms with E-state index in [1.165, 1.54) is 12.8 Å². The van der Waals surface area contributed by atoms with Crippen LogP contribution < -0.4 is 0 Å². The fraction of sp³-hybridized carbons (Fsp3) is 0.278. The fourth-order valence-corrected chi connectivity index (χ4v) is 3.14. The second-order valence-corrected chi connectivity index (χ2v) is 6.28. The predicted octanol–water partition coefficient (Wildman–Crippen LogP) is 5.68. The van der Waals surface area contributed by atoms with E-state index >= 15 is 0 Å². The molecule has 0 aliphatic heterocycles. The third kappa shape index (κ3) is 2.85. The van der Waals surface area contributed by atoms with Crippen molar-refractivity contribution in [1.29, 1.82) is 0 Å². The van der Waals surface area contributed by atoms with Crippen LogP contribution in [-0.2, 0) is 0 Å². The molecule has 2 aromatic carbocycles. The number of halogens is 1. The molecule has 20 heavy (non-hydrogen) atoms. The van der Waals surface area contributed by atoms with Crippen molar-refractivity contribution >= 4 is 32.5 Å². The molecule has 0 bridgehead atoms. The van der Waals surface area contributed by atoms with E-state index in [9.17, 15) is 4.79 Å². The molecule has 0 saturated carbocycles. The molecular formula is C18H17BrO. The highest BCUT2D eigenvalue weighted by atomic mass is 79.9. The van der Waals surface area contributed by atoms with Gasteiger partial charge in [-0.15, -0.1) is 0 Å². The molecule has 0 heterocycles. The Bertz CT molecular complexity index is 685. The Labute approximate surface area is 127 Å². The van der Waals surface area contributed by atoms with Crippen LogP contribution in [0, 0.1) is 0 Å². The van der Waals surface area contributed by atoms with Gasteiger partial charge in [0.05, 0.1) is 0 Å². The van der Waals surface area contributed by atoms with Gasteiger partial charge in [0.25, 0.3) is 0 Å². The van der Waals surface area contributed by atoms with Crippen LogP contribution in [0.25, 0.3) is 10.8 Å². The highest BCUT2D eigenvalue weighted by Gasteiger charge is 2.14. The highest BCUT2D eigenvalue weighted by Crippen LogP contribution is 2.24. The van der Waals surface area contributed by atoms with Crippen LogP contribution in [-0.4, -0.2) is 5.78 Å². The predicted molar refractivity (Wildman–Crippen MR) is 87.1 cm³/mol. The summed E-state index contributed by atoms with van der Waals surface area (Å²) in [5, 5.41) is 2.28. The SMILES string of the molecule is O=C(C1=CCCCCC1)c1ccc2cc(Br)ccc2c1. The third-order valence-electron chi connectivity index (χ3n) is 3.90. The first-order valence-corrected chi connectivity index (χ1v) is 7.96. The minimum absolute atomic E-state index is 0.205. The first kappa shape index (κ1) is 13.6. The molecule has 2 heteroatoms. The van der Waals surface area contributed by atoms with E-state index in [1.807, 2.05) is 24.3 Å². The zero-order valence-corrected chi connectivity index (χ0v) is 12.9. The number of ketones is 1. The molecule has 2 aromatic rings. The largest absolute Gasteiger partial charge is 0.289 e. The fourth-order valence-electron chi connectivity index (χ4n) is 2.76. The van der Waals surface area contributed by atoms with E-state index in [1.54, 1.807) is 0 Å². The summed E-state index contributed by atoms with van der Waals surface area (Å²) in [5.41, 5.74) is 1.81. The van der Waals surface area contributed by atoms with Gasteiger partial charge in [-0.3, -0.25) is 4.79 Å². The lowest BCUT2D eigenvalue weighted by atomic mass is 9.97. The molecule has 0 amide bonds. The van der Waals surface area contributed by atoms with Crippen molar-refractivity contribution in [2.24, 2.45) is 0 Å². The number of allylic oxidation sites excluding steroid dienone is 2. The van der Waals surface area contributed by atoms with Gasteiger partial charge in [-0.05, 0) is 60.2 Å². The van der Waals surface area contributed by atoms with E-state index in [2.05, 4.69) is 34.1 Å². The first-order valence-electron chi connectivity index (χ1n) is 7.17. The molecule has 0 radical (unpaired) electrons. The molecule has 1 aliphatic rings. The van der Waals surface area contributed by atoms with Crippen molar-refractivity contribution in [2.45, 2.75) is 32.1 Å². The second kappa shape index (κ2) is 5.92. The minimum Gasteiger partial charge on any atom is -0.289 e. The Morgan fingerprint density at radius 2 is 1.75 bits per heavy atom. The molecular weight excluding hydrogens is 312 g/mol. The highest BCUT2D eigenvalue weighted by molar-refractivity contribution is 9.10. The Morgan fingerprint density at radius 1 is 0.950 bits per heavy atom. The second-order valence-electron chi connectivity index (χ2n) is 5.36. The Kier molecular flexibility index (Phi) is 4.02. The first-order chi connectivity index (χ1) is 9.74. The summed E-state index contributed by atoms with van der Waals surface area (Å²) in [6, 6.07) is 12.1. The van der Waals surface area contributed by atoms with Crippen LogP contribution in [0.4, 0.5) is 0 Å².